The van der Waals surface area contributed by atoms with Crippen LogP contribution in [0.4, 0.5) is 0 Å². The Morgan fingerprint density at radius 3 is 2.59 bits per heavy atom. The normalized spacial score (nSPS) is 15.7. The van der Waals surface area contributed by atoms with E-state index in [4.69, 9.17) is 5.10 Å². The maximum Gasteiger partial charge on any atom is 0.354 e. The summed E-state index contributed by atoms with van der Waals surface area (Å²) in [6, 6.07) is 4.01. The molecule has 27 heavy (non-hydrogen) atoms. The zero-order chi connectivity index (χ0) is 19.1. The van der Waals surface area contributed by atoms with E-state index in [0.29, 0.717) is 11.7 Å². The Labute approximate surface area is 158 Å². The van der Waals surface area contributed by atoms with Gasteiger partial charge in [-0.25, -0.2) is 14.5 Å². The van der Waals surface area contributed by atoms with Gasteiger partial charge in [0, 0.05) is 25.0 Å². The number of pyridine rings is 1. The monoisotopic (exact) mass is 366 g/mol. The third-order valence-electron chi connectivity index (χ3n) is 5.52. The second kappa shape index (κ2) is 6.83. The van der Waals surface area contributed by atoms with Gasteiger partial charge >= 0.3 is 5.97 Å². The Bertz CT molecular complexity index is 993. The molecule has 0 saturated heterocycles. The Hall–Kier alpha value is -2.63. The lowest BCUT2D eigenvalue weighted by Crippen LogP contribution is -2.15. The highest BCUT2D eigenvalue weighted by Crippen LogP contribution is 2.38. The number of carbonyl (C=O) groups is 1. The van der Waals surface area contributed by atoms with Gasteiger partial charge in [0.1, 0.15) is 0 Å². The van der Waals surface area contributed by atoms with Gasteiger partial charge in [-0.2, -0.15) is 5.10 Å². The molecule has 1 N–H and O–H groups in total. The summed E-state index contributed by atoms with van der Waals surface area (Å²) in [4.78, 5) is 16.3. The molecule has 0 atom stereocenters. The predicted octanol–water partition coefficient (Wildman–Crippen LogP) is 4.76. The largest absolute Gasteiger partial charge is 0.477 e. The summed E-state index contributed by atoms with van der Waals surface area (Å²) < 4.78 is 3.99. The molecule has 6 nitrogen and oxygen atoms in total. The van der Waals surface area contributed by atoms with Crippen molar-refractivity contribution in [1.29, 1.82) is 0 Å². The zero-order valence-corrected chi connectivity index (χ0v) is 16.1. The highest BCUT2D eigenvalue weighted by atomic mass is 16.4. The quantitative estimate of drug-likeness (QED) is 0.722. The van der Waals surface area contributed by atoms with Crippen LogP contribution < -0.4 is 0 Å². The van der Waals surface area contributed by atoms with Gasteiger partial charge in [0.05, 0.1) is 17.1 Å². The molecule has 0 aromatic carbocycles. The number of rotatable bonds is 4. The van der Waals surface area contributed by atoms with Crippen molar-refractivity contribution in [3.05, 3.63) is 35.9 Å². The smallest absolute Gasteiger partial charge is 0.354 e. The van der Waals surface area contributed by atoms with Crippen molar-refractivity contribution in [3.8, 4) is 11.1 Å². The van der Waals surface area contributed by atoms with Crippen LogP contribution in [0, 0.1) is 0 Å². The van der Waals surface area contributed by atoms with Crippen LogP contribution in [0.5, 0.6) is 0 Å². The maximum atomic E-state index is 11.8. The molecule has 1 fully saturated rings. The summed E-state index contributed by atoms with van der Waals surface area (Å²) in [5.74, 6) is -0.770. The van der Waals surface area contributed by atoms with Crippen molar-refractivity contribution in [3.63, 3.8) is 0 Å². The Balaban J connectivity index is 2.03. The molecule has 3 aromatic rings. The Morgan fingerprint density at radius 2 is 2.00 bits per heavy atom. The third-order valence-corrected chi connectivity index (χ3v) is 5.52. The number of carboxylic acid groups (broad SMARTS) is 1. The minimum Gasteiger partial charge on any atom is -0.477 e. The highest BCUT2D eigenvalue weighted by Gasteiger charge is 2.26. The van der Waals surface area contributed by atoms with E-state index in [9.17, 15) is 9.90 Å². The molecule has 3 aromatic heterocycles. The van der Waals surface area contributed by atoms with Gasteiger partial charge in [-0.15, -0.1) is 0 Å². The van der Waals surface area contributed by atoms with Crippen molar-refractivity contribution in [2.75, 3.05) is 0 Å². The Morgan fingerprint density at radius 1 is 1.26 bits per heavy atom. The third kappa shape index (κ3) is 3.13. The predicted molar refractivity (Wildman–Crippen MR) is 105 cm³/mol. The molecule has 0 radical (unpaired) electrons. The lowest BCUT2D eigenvalue weighted by Gasteiger charge is -2.22. The van der Waals surface area contributed by atoms with Crippen LogP contribution in [-0.2, 0) is 7.05 Å². The van der Waals surface area contributed by atoms with Crippen molar-refractivity contribution in [2.45, 2.75) is 57.9 Å². The average Bonchev–Trinajstić information content (AvgIpc) is 3.25. The van der Waals surface area contributed by atoms with Gasteiger partial charge in [-0.3, -0.25) is 0 Å². The van der Waals surface area contributed by atoms with Gasteiger partial charge in [0.2, 0.25) is 0 Å². The second-order valence-corrected chi connectivity index (χ2v) is 7.90. The highest BCUT2D eigenvalue weighted by molar-refractivity contribution is 5.99. The van der Waals surface area contributed by atoms with Crippen LogP contribution in [0.25, 0.3) is 22.2 Å². The van der Waals surface area contributed by atoms with Crippen LogP contribution in [0.15, 0.2) is 24.5 Å². The van der Waals surface area contributed by atoms with E-state index in [1.807, 2.05) is 34.8 Å². The van der Waals surface area contributed by atoms with E-state index >= 15 is 0 Å². The average molecular weight is 366 g/mol. The number of nitrogens with zero attached hydrogens (tertiary/aromatic N) is 4. The van der Waals surface area contributed by atoms with Crippen LogP contribution in [-0.4, -0.2) is 30.4 Å². The first-order valence-electron chi connectivity index (χ1n) is 9.74. The maximum absolute atomic E-state index is 11.8. The number of hydrogen-bond acceptors (Lipinski definition) is 3. The lowest BCUT2D eigenvalue weighted by atomic mass is 9.95. The fourth-order valence-electron chi connectivity index (χ4n) is 4.15. The molecular weight excluding hydrogens is 340 g/mol. The first-order valence-corrected chi connectivity index (χ1v) is 9.74. The van der Waals surface area contributed by atoms with Gasteiger partial charge in [0.15, 0.2) is 11.3 Å². The van der Waals surface area contributed by atoms with Gasteiger partial charge < -0.3 is 9.67 Å². The van der Waals surface area contributed by atoms with Crippen molar-refractivity contribution >= 4 is 17.0 Å². The lowest BCUT2D eigenvalue weighted by molar-refractivity contribution is 0.0691. The Kier molecular flexibility index (Phi) is 4.50. The van der Waals surface area contributed by atoms with Crippen LogP contribution in [0.3, 0.4) is 0 Å². The van der Waals surface area contributed by atoms with E-state index in [1.54, 1.807) is 6.07 Å². The summed E-state index contributed by atoms with van der Waals surface area (Å²) in [7, 11) is 1.97. The molecular formula is C21H26N4O2. The number of hydrogen-bond donors (Lipinski definition) is 1. The zero-order valence-electron chi connectivity index (χ0n) is 16.1. The molecule has 4 rings (SSSR count). The van der Waals surface area contributed by atoms with Crippen molar-refractivity contribution < 1.29 is 9.90 Å². The van der Waals surface area contributed by atoms with Gasteiger partial charge in [0.25, 0.3) is 0 Å². The first kappa shape index (κ1) is 17.8. The van der Waals surface area contributed by atoms with E-state index in [2.05, 4.69) is 18.8 Å². The molecule has 1 saturated carbocycles. The molecule has 142 valence electrons. The van der Waals surface area contributed by atoms with E-state index in [-0.39, 0.29) is 11.6 Å². The molecule has 0 unspecified atom stereocenters. The van der Waals surface area contributed by atoms with Gasteiger partial charge in [-0.05, 0) is 36.5 Å². The number of aromatic nitrogens is 4. The second-order valence-electron chi connectivity index (χ2n) is 7.90. The standard InChI is InChI=1S/C21H26N4O2/c1-13(2)19-18-16(14-9-10-24(3)12-14)11-17(21(26)27)22-20(18)25(23-19)15-7-5-4-6-8-15/h9-13,15H,4-8H2,1-3H3,(H,26,27). The molecule has 6 heteroatoms. The molecule has 0 amide bonds. The number of carboxylic acids is 1. The van der Waals surface area contributed by atoms with Crippen LogP contribution in [0.1, 0.15) is 74.1 Å². The summed E-state index contributed by atoms with van der Waals surface area (Å²) in [5, 5.41) is 15.6. The molecule has 0 bridgehead atoms. The minimum absolute atomic E-state index is 0.0774. The van der Waals surface area contributed by atoms with Crippen LogP contribution in [0.2, 0.25) is 0 Å². The first-order chi connectivity index (χ1) is 13.0. The molecule has 1 aliphatic carbocycles. The number of fused-ring (bicyclic) bond motifs is 1. The van der Waals surface area contributed by atoms with E-state index in [1.165, 1.54) is 19.3 Å². The number of aryl methyl sites for hydroxylation is 1. The summed E-state index contributed by atoms with van der Waals surface area (Å²) in [6.45, 7) is 4.26. The fraction of sp³-hybridized carbons (Fsp3) is 0.476. The molecule has 1 aliphatic rings. The summed E-state index contributed by atoms with van der Waals surface area (Å²) in [6.07, 6.45) is 9.78. The summed E-state index contributed by atoms with van der Waals surface area (Å²) >= 11 is 0. The van der Waals surface area contributed by atoms with Crippen LogP contribution >= 0.6 is 0 Å². The molecule has 3 heterocycles. The van der Waals surface area contributed by atoms with E-state index in [0.717, 1.165) is 35.0 Å². The topological polar surface area (TPSA) is 72.9 Å². The summed E-state index contributed by atoms with van der Waals surface area (Å²) in [5.41, 5.74) is 3.69. The minimum atomic E-state index is -1.00. The fourth-order valence-corrected chi connectivity index (χ4v) is 4.15. The van der Waals surface area contributed by atoms with Gasteiger partial charge in [-0.1, -0.05) is 33.1 Å². The van der Waals surface area contributed by atoms with Crippen molar-refractivity contribution in [2.24, 2.45) is 7.05 Å². The molecule has 0 aliphatic heterocycles. The SMILES string of the molecule is CC(C)c1nn(C2CCCCC2)c2nc(C(=O)O)cc(-c3ccn(C)c3)c12. The van der Waals surface area contributed by atoms with E-state index < -0.39 is 5.97 Å². The number of aromatic carboxylic acids is 1. The van der Waals surface area contributed by atoms with Crippen molar-refractivity contribution in [1.82, 2.24) is 19.3 Å². The molecule has 0 spiro atoms.